The number of hydrogen-bond acceptors (Lipinski definition) is 6. The molecule has 1 aromatic heterocycles. The molecule has 1 fully saturated rings. The number of benzene rings is 1. The summed E-state index contributed by atoms with van der Waals surface area (Å²) in [5.41, 5.74) is 2.25. The van der Waals surface area contributed by atoms with Crippen molar-refractivity contribution in [2.75, 3.05) is 36.0 Å². The van der Waals surface area contributed by atoms with E-state index in [2.05, 4.69) is 36.4 Å². The average Bonchev–Trinajstić information content (AvgIpc) is 3.66. The van der Waals surface area contributed by atoms with Crippen LogP contribution in [0.4, 0.5) is 11.4 Å². The molecule has 0 spiro atoms. The fourth-order valence-electron chi connectivity index (χ4n) is 4.17. The molecular weight excluding hydrogens is 446 g/mol. The van der Waals surface area contributed by atoms with Gasteiger partial charge in [0, 0.05) is 30.5 Å². The Kier molecular flexibility index (Phi) is 7.18. The van der Waals surface area contributed by atoms with Crippen LogP contribution in [0.25, 0.3) is 0 Å². The third kappa shape index (κ3) is 5.86. The van der Waals surface area contributed by atoms with Crippen molar-refractivity contribution >= 4 is 29.1 Å². The topological polar surface area (TPSA) is 115 Å². The lowest BCUT2D eigenvalue weighted by atomic mass is 9.97. The fourth-order valence-corrected chi connectivity index (χ4v) is 4.17. The lowest BCUT2D eigenvalue weighted by Crippen LogP contribution is -2.51. The zero-order valence-electron chi connectivity index (χ0n) is 20.5. The van der Waals surface area contributed by atoms with E-state index in [0.29, 0.717) is 29.0 Å². The molecule has 35 heavy (non-hydrogen) atoms. The van der Waals surface area contributed by atoms with Gasteiger partial charge in [-0.25, -0.2) is 0 Å². The Bertz CT molecular complexity index is 1090. The van der Waals surface area contributed by atoms with Crippen LogP contribution in [-0.4, -0.2) is 60.1 Å². The smallest absolute Gasteiger partial charge is 0.251 e. The summed E-state index contributed by atoms with van der Waals surface area (Å²) in [6, 6.07) is 8.10. The van der Waals surface area contributed by atoms with Gasteiger partial charge < -0.3 is 20.6 Å². The first-order valence-corrected chi connectivity index (χ1v) is 12.0. The fraction of sp³-hybridized carbons (Fsp3) is 0.462. The van der Waals surface area contributed by atoms with Crippen molar-refractivity contribution in [1.29, 1.82) is 0 Å². The number of carbonyl (C=O) groups is 3. The van der Waals surface area contributed by atoms with Crippen LogP contribution in [0.5, 0.6) is 0 Å². The Labute approximate surface area is 205 Å². The molecule has 1 aliphatic heterocycles. The van der Waals surface area contributed by atoms with Crippen molar-refractivity contribution in [1.82, 2.24) is 15.6 Å². The minimum absolute atomic E-state index is 0.0153. The second-order valence-corrected chi connectivity index (χ2v) is 10.3. The van der Waals surface area contributed by atoms with Crippen LogP contribution >= 0.6 is 0 Å². The maximum Gasteiger partial charge on any atom is 0.251 e. The second kappa shape index (κ2) is 10.1. The molecule has 0 saturated heterocycles. The molecule has 1 atom stereocenters. The number of aromatic nitrogens is 1. The highest BCUT2D eigenvalue weighted by Crippen LogP contribution is 2.41. The summed E-state index contributed by atoms with van der Waals surface area (Å²) in [4.78, 5) is 46.4. The number of pyridine rings is 1. The summed E-state index contributed by atoms with van der Waals surface area (Å²) in [6.07, 6.45) is 5.08. The SMILES string of the molecule is CC(C)(C)CNCC(=O)N1CC(=O)N(C2CC2)c2ccc(C(=O)NC(CO)c3cccnc3)cc21. The van der Waals surface area contributed by atoms with Gasteiger partial charge in [0.15, 0.2) is 0 Å². The Morgan fingerprint density at radius 1 is 1.20 bits per heavy atom. The molecule has 9 heteroatoms. The molecule has 0 radical (unpaired) electrons. The summed E-state index contributed by atoms with van der Waals surface area (Å²) in [7, 11) is 0. The van der Waals surface area contributed by atoms with E-state index in [4.69, 9.17) is 0 Å². The zero-order valence-corrected chi connectivity index (χ0v) is 20.5. The van der Waals surface area contributed by atoms with Crippen LogP contribution < -0.4 is 20.4 Å². The van der Waals surface area contributed by atoms with Crippen molar-refractivity contribution in [2.24, 2.45) is 5.41 Å². The van der Waals surface area contributed by atoms with Crippen molar-refractivity contribution in [3.05, 3.63) is 53.9 Å². The number of anilines is 2. The van der Waals surface area contributed by atoms with Gasteiger partial charge in [-0.15, -0.1) is 0 Å². The van der Waals surface area contributed by atoms with Gasteiger partial charge in [0.2, 0.25) is 11.8 Å². The molecule has 186 valence electrons. The normalized spacial score (nSPS) is 16.6. The van der Waals surface area contributed by atoms with Crippen LogP contribution in [0.3, 0.4) is 0 Å². The summed E-state index contributed by atoms with van der Waals surface area (Å²) in [6.45, 7) is 6.64. The number of amides is 3. The van der Waals surface area contributed by atoms with Crippen LogP contribution in [-0.2, 0) is 9.59 Å². The van der Waals surface area contributed by atoms with Crippen LogP contribution in [0, 0.1) is 5.41 Å². The van der Waals surface area contributed by atoms with E-state index in [1.165, 1.54) is 4.90 Å². The van der Waals surface area contributed by atoms with E-state index < -0.39 is 6.04 Å². The maximum absolute atomic E-state index is 13.1. The van der Waals surface area contributed by atoms with Gasteiger partial charge in [-0.1, -0.05) is 26.8 Å². The monoisotopic (exact) mass is 479 g/mol. The van der Waals surface area contributed by atoms with Crippen LogP contribution in [0.1, 0.15) is 55.6 Å². The Morgan fingerprint density at radius 2 is 1.97 bits per heavy atom. The van der Waals surface area contributed by atoms with Crippen LogP contribution in [0.15, 0.2) is 42.7 Å². The van der Waals surface area contributed by atoms with Crippen molar-refractivity contribution in [2.45, 2.75) is 45.7 Å². The number of hydrogen-bond donors (Lipinski definition) is 3. The first kappa shape index (κ1) is 24.8. The number of rotatable bonds is 8. The Morgan fingerprint density at radius 3 is 2.60 bits per heavy atom. The average molecular weight is 480 g/mol. The van der Waals surface area contributed by atoms with Gasteiger partial charge in [0.05, 0.1) is 30.6 Å². The predicted molar refractivity (Wildman–Crippen MR) is 133 cm³/mol. The number of fused-ring (bicyclic) bond motifs is 1. The van der Waals surface area contributed by atoms with Gasteiger partial charge in [-0.2, -0.15) is 0 Å². The van der Waals surface area contributed by atoms with E-state index >= 15 is 0 Å². The zero-order chi connectivity index (χ0) is 25.2. The molecule has 9 nitrogen and oxygen atoms in total. The third-order valence-corrected chi connectivity index (χ3v) is 6.07. The van der Waals surface area contributed by atoms with E-state index in [1.807, 2.05) is 0 Å². The van der Waals surface area contributed by atoms with Crippen molar-refractivity contribution in [3.8, 4) is 0 Å². The second-order valence-electron chi connectivity index (χ2n) is 10.3. The molecule has 1 aromatic carbocycles. The minimum Gasteiger partial charge on any atom is -0.394 e. The lowest BCUT2D eigenvalue weighted by Gasteiger charge is -2.37. The highest BCUT2D eigenvalue weighted by atomic mass is 16.3. The van der Waals surface area contributed by atoms with E-state index in [1.54, 1.807) is 47.6 Å². The standard InChI is InChI=1S/C26H33N5O4/c1-26(2,3)16-28-13-23(33)30-14-24(34)31(19-7-8-19)21-9-6-17(11-22(21)30)25(35)29-20(15-32)18-5-4-10-27-12-18/h4-6,9-12,19-20,28,32H,7-8,13-16H2,1-3H3,(H,29,35). The summed E-state index contributed by atoms with van der Waals surface area (Å²) in [5, 5.41) is 15.8. The van der Waals surface area contributed by atoms with Crippen LogP contribution in [0.2, 0.25) is 0 Å². The number of aliphatic hydroxyl groups is 1. The van der Waals surface area contributed by atoms with Gasteiger partial charge in [-0.3, -0.25) is 24.3 Å². The third-order valence-electron chi connectivity index (χ3n) is 6.07. The molecule has 3 N–H and O–H groups in total. The molecule has 3 amide bonds. The van der Waals surface area contributed by atoms with Gasteiger partial charge in [0.1, 0.15) is 6.54 Å². The molecule has 1 unspecified atom stereocenters. The number of nitrogens with zero attached hydrogens (tertiary/aromatic N) is 3. The van der Waals surface area contributed by atoms with E-state index in [9.17, 15) is 19.5 Å². The molecule has 1 saturated carbocycles. The maximum atomic E-state index is 13.1. The molecule has 2 heterocycles. The summed E-state index contributed by atoms with van der Waals surface area (Å²) >= 11 is 0. The Hall–Kier alpha value is -3.30. The molecule has 2 aromatic rings. The summed E-state index contributed by atoms with van der Waals surface area (Å²) in [5.74, 6) is -0.720. The minimum atomic E-state index is -0.615. The molecular formula is C26H33N5O4. The predicted octanol–water partition coefficient (Wildman–Crippen LogP) is 2.02. The van der Waals surface area contributed by atoms with Gasteiger partial charge in [0.25, 0.3) is 5.91 Å². The van der Waals surface area contributed by atoms with Crippen molar-refractivity contribution < 1.29 is 19.5 Å². The number of carbonyl (C=O) groups excluding carboxylic acids is 3. The van der Waals surface area contributed by atoms with Crippen molar-refractivity contribution in [3.63, 3.8) is 0 Å². The van der Waals surface area contributed by atoms with E-state index in [0.717, 1.165) is 12.8 Å². The van der Waals surface area contributed by atoms with E-state index in [-0.39, 0.29) is 48.9 Å². The number of aliphatic hydroxyl groups excluding tert-OH is 1. The lowest BCUT2D eigenvalue weighted by molar-refractivity contribution is -0.122. The first-order chi connectivity index (χ1) is 16.7. The largest absolute Gasteiger partial charge is 0.394 e. The highest BCUT2D eigenvalue weighted by molar-refractivity contribution is 6.13. The first-order valence-electron chi connectivity index (χ1n) is 12.0. The Balaban J connectivity index is 1.59. The quantitative estimate of drug-likeness (QED) is 0.534. The molecule has 2 aliphatic rings. The highest BCUT2D eigenvalue weighted by Gasteiger charge is 2.40. The molecule has 4 rings (SSSR count). The molecule has 1 aliphatic carbocycles. The molecule has 0 bridgehead atoms. The number of nitrogens with one attached hydrogen (secondary N) is 2. The van der Waals surface area contributed by atoms with Gasteiger partial charge in [-0.05, 0) is 48.1 Å². The summed E-state index contributed by atoms with van der Waals surface area (Å²) < 4.78 is 0. The van der Waals surface area contributed by atoms with Gasteiger partial charge >= 0.3 is 0 Å².